The maximum Gasteiger partial charge on any atom is 0.00182 e. The van der Waals surface area contributed by atoms with Gasteiger partial charge in [-0.1, -0.05) is 92.3 Å². The highest BCUT2D eigenvalue weighted by Crippen LogP contribution is 2.32. The molecule has 0 amide bonds. The van der Waals surface area contributed by atoms with E-state index in [0.717, 1.165) is 12.3 Å². The molecule has 0 heterocycles. The largest absolute Gasteiger partial charge is 0.103 e. The summed E-state index contributed by atoms with van der Waals surface area (Å²) in [6, 6.07) is 18.1. The smallest absolute Gasteiger partial charge is 0.00182 e. The Kier molecular flexibility index (Phi) is 7.91. The number of benzene rings is 2. The third-order valence-electron chi connectivity index (χ3n) is 5.84. The molecule has 2 aromatic carbocycles. The number of aryl methyl sites for hydroxylation is 1. The minimum Gasteiger partial charge on any atom is -0.103 e. The summed E-state index contributed by atoms with van der Waals surface area (Å²) in [5.74, 6) is 1.32. The van der Waals surface area contributed by atoms with Crippen molar-refractivity contribution in [1.82, 2.24) is 0 Å². The molecule has 2 aromatic rings. The van der Waals surface area contributed by atoms with E-state index >= 15 is 0 Å². The highest BCUT2D eigenvalue weighted by atomic mass is 14.2. The molecule has 0 saturated carbocycles. The molecule has 146 valence electrons. The number of unbranched alkanes of at least 4 members (excludes halogenated alkanes) is 1. The van der Waals surface area contributed by atoms with Crippen LogP contribution < -0.4 is 0 Å². The summed E-state index contributed by atoms with van der Waals surface area (Å²) in [6.45, 7) is 6.08. The fourth-order valence-electron chi connectivity index (χ4n) is 3.95. The minimum absolute atomic E-state index is 0.577. The predicted octanol–water partition coefficient (Wildman–Crippen LogP) is 8.22. The Balaban J connectivity index is 1.56. The predicted molar refractivity (Wildman–Crippen MR) is 124 cm³/mol. The molecule has 0 saturated heterocycles. The van der Waals surface area contributed by atoms with E-state index in [9.17, 15) is 0 Å². The van der Waals surface area contributed by atoms with Gasteiger partial charge in [0.2, 0.25) is 0 Å². The topological polar surface area (TPSA) is 0 Å². The van der Waals surface area contributed by atoms with Crippen LogP contribution in [0.25, 0.3) is 12.2 Å². The van der Waals surface area contributed by atoms with E-state index < -0.39 is 0 Å². The van der Waals surface area contributed by atoms with Crippen LogP contribution in [0.15, 0.2) is 73.3 Å². The van der Waals surface area contributed by atoms with Crippen molar-refractivity contribution in [2.45, 2.75) is 57.8 Å². The molecule has 2 unspecified atom stereocenters. The zero-order chi connectivity index (χ0) is 19.6. The van der Waals surface area contributed by atoms with E-state index in [-0.39, 0.29) is 0 Å². The summed E-state index contributed by atoms with van der Waals surface area (Å²) in [7, 11) is 0. The van der Waals surface area contributed by atoms with E-state index in [1.54, 1.807) is 0 Å². The van der Waals surface area contributed by atoms with Crippen LogP contribution in [0.4, 0.5) is 0 Å². The van der Waals surface area contributed by atoms with Gasteiger partial charge in [0.05, 0.1) is 0 Å². The second kappa shape index (κ2) is 10.9. The highest BCUT2D eigenvalue weighted by molar-refractivity contribution is 5.69. The maximum absolute atomic E-state index is 3.84. The molecular formula is C28H34. The summed E-state index contributed by atoms with van der Waals surface area (Å²) in [6.07, 6.45) is 20.0. The highest BCUT2D eigenvalue weighted by Gasteiger charge is 2.16. The second-order valence-electron chi connectivity index (χ2n) is 8.04. The van der Waals surface area contributed by atoms with E-state index in [0.29, 0.717) is 5.92 Å². The van der Waals surface area contributed by atoms with E-state index in [1.807, 2.05) is 6.08 Å². The van der Waals surface area contributed by atoms with Crippen LogP contribution in [-0.4, -0.2) is 0 Å². The summed E-state index contributed by atoms with van der Waals surface area (Å²) < 4.78 is 0. The molecule has 28 heavy (non-hydrogen) atoms. The van der Waals surface area contributed by atoms with Gasteiger partial charge in [-0.05, 0) is 66.7 Å². The van der Waals surface area contributed by atoms with Gasteiger partial charge in [-0.3, -0.25) is 0 Å². The molecule has 0 N–H and O–H groups in total. The fraction of sp³-hybridized carbons (Fsp3) is 0.357. The average Bonchev–Trinajstić information content (AvgIpc) is 2.76. The zero-order valence-corrected chi connectivity index (χ0v) is 17.3. The number of allylic oxidation sites excluding steroid dienone is 3. The lowest BCUT2D eigenvalue weighted by Gasteiger charge is -2.23. The third kappa shape index (κ3) is 6.09. The molecule has 0 spiro atoms. The van der Waals surface area contributed by atoms with Crippen molar-refractivity contribution >= 4 is 12.2 Å². The first-order chi connectivity index (χ1) is 13.8. The first kappa shape index (κ1) is 20.4. The van der Waals surface area contributed by atoms with Gasteiger partial charge in [0.1, 0.15) is 0 Å². The summed E-state index contributed by atoms with van der Waals surface area (Å²) in [5, 5.41) is 0. The number of hydrogen-bond acceptors (Lipinski definition) is 0. The summed E-state index contributed by atoms with van der Waals surface area (Å²) in [5.41, 5.74) is 5.42. The van der Waals surface area contributed by atoms with Crippen molar-refractivity contribution < 1.29 is 0 Å². The molecule has 0 aromatic heterocycles. The lowest BCUT2D eigenvalue weighted by atomic mass is 9.82. The van der Waals surface area contributed by atoms with Crippen molar-refractivity contribution in [3.05, 3.63) is 95.6 Å². The molecule has 2 atom stereocenters. The first-order valence-corrected chi connectivity index (χ1v) is 10.9. The molecule has 0 bridgehead atoms. The zero-order valence-electron chi connectivity index (χ0n) is 17.3. The van der Waals surface area contributed by atoms with Crippen molar-refractivity contribution in [1.29, 1.82) is 0 Å². The Labute approximate surface area is 171 Å². The molecule has 0 fully saturated rings. The van der Waals surface area contributed by atoms with Gasteiger partial charge in [-0.25, -0.2) is 0 Å². The standard InChI is InChI=1S/C28H34/c1-3-5-7-23-9-11-25(12-10-23)13-14-26-17-21-28(22-18-26)27-19-15-24(16-20-27)8-6-4-2/h4,9-15,17-19,21-22,24,27H,2-3,5-8,16,20H2,1H3. The molecule has 1 aliphatic rings. The molecule has 0 aliphatic heterocycles. The second-order valence-corrected chi connectivity index (χ2v) is 8.04. The average molecular weight is 371 g/mol. The minimum atomic E-state index is 0.577. The van der Waals surface area contributed by atoms with Gasteiger partial charge in [0.15, 0.2) is 0 Å². The SMILES string of the molecule is C=CCCC1C=CC(c2ccc(C=Cc3ccc(CCCC)cc3)cc2)CC1. The van der Waals surface area contributed by atoms with E-state index in [4.69, 9.17) is 0 Å². The Bertz CT molecular complexity index is 774. The van der Waals surface area contributed by atoms with Gasteiger partial charge in [0, 0.05) is 5.92 Å². The van der Waals surface area contributed by atoms with Crippen molar-refractivity contribution in [2.75, 3.05) is 0 Å². The molecule has 1 aliphatic carbocycles. The first-order valence-electron chi connectivity index (χ1n) is 10.9. The maximum atomic E-state index is 3.84. The summed E-state index contributed by atoms with van der Waals surface area (Å²) >= 11 is 0. The third-order valence-corrected chi connectivity index (χ3v) is 5.84. The van der Waals surface area contributed by atoms with Gasteiger partial charge < -0.3 is 0 Å². The molecule has 0 nitrogen and oxygen atoms in total. The van der Waals surface area contributed by atoms with Gasteiger partial charge in [-0.15, -0.1) is 6.58 Å². The lowest BCUT2D eigenvalue weighted by molar-refractivity contribution is 0.485. The monoisotopic (exact) mass is 370 g/mol. The van der Waals surface area contributed by atoms with Crippen molar-refractivity contribution in [3.8, 4) is 0 Å². The Hall–Kier alpha value is -2.34. The van der Waals surface area contributed by atoms with Crippen LogP contribution in [0.2, 0.25) is 0 Å². The van der Waals surface area contributed by atoms with Gasteiger partial charge in [-0.2, -0.15) is 0 Å². The molecular weight excluding hydrogens is 336 g/mol. The Morgan fingerprint density at radius 1 is 0.893 bits per heavy atom. The van der Waals surface area contributed by atoms with Crippen LogP contribution in [0.3, 0.4) is 0 Å². The van der Waals surface area contributed by atoms with Crippen LogP contribution >= 0.6 is 0 Å². The van der Waals surface area contributed by atoms with Crippen molar-refractivity contribution in [2.24, 2.45) is 5.92 Å². The molecule has 0 heteroatoms. The Morgan fingerprint density at radius 2 is 1.57 bits per heavy atom. The van der Waals surface area contributed by atoms with Crippen LogP contribution in [0, 0.1) is 5.92 Å². The lowest BCUT2D eigenvalue weighted by Crippen LogP contribution is -2.07. The van der Waals surface area contributed by atoms with Crippen LogP contribution in [-0.2, 0) is 6.42 Å². The van der Waals surface area contributed by atoms with E-state index in [2.05, 4.69) is 86.3 Å². The Morgan fingerprint density at radius 3 is 2.14 bits per heavy atom. The normalized spacial score (nSPS) is 19.2. The van der Waals surface area contributed by atoms with Gasteiger partial charge >= 0.3 is 0 Å². The number of hydrogen-bond donors (Lipinski definition) is 0. The van der Waals surface area contributed by atoms with E-state index in [1.165, 1.54) is 60.8 Å². The van der Waals surface area contributed by atoms with Crippen LogP contribution in [0.5, 0.6) is 0 Å². The molecule has 3 rings (SSSR count). The quantitative estimate of drug-likeness (QED) is 0.308. The number of rotatable bonds is 9. The fourth-order valence-corrected chi connectivity index (χ4v) is 3.95. The molecule has 0 radical (unpaired) electrons. The summed E-state index contributed by atoms with van der Waals surface area (Å²) in [4.78, 5) is 0. The van der Waals surface area contributed by atoms with Gasteiger partial charge in [0.25, 0.3) is 0 Å². The van der Waals surface area contributed by atoms with Crippen LogP contribution in [0.1, 0.15) is 73.6 Å². The van der Waals surface area contributed by atoms with Crippen molar-refractivity contribution in [3.63, 3.8) is 0 Å².